The first-order chi connectivity index (χ1) is 12.3. The number of aliphatic carboxylic acids is 1. The van der Waals surface area contributed by atoms with E-state index in [2.05, 4.69) is 19.9 Å². The van der Waals surface area contributed by atoms with Crippen LogP contribution in [0.3, 0.4) is 0 Å². The van der Waals surface area contributed by atoms with Gasteiger partial charge in [-0.25, -0.2) is 4.79 Å². The molecular weight excluding hydrogens is 328 g/mol. The normalized spacial score (nSPS) is 44.1. The van der Waals surface area contributed by atoms with E-state index in [-0.39, 0.29) is 22.9 Å². The minimum Gasteiger partial charge on any atom is -0.478 e. The van der Waals surface area contributed by atoms with Gasteiger partial charge in [0.1, 0.15) is 6.10 Å². The molecule has 0 unspecified atom stereocenters. The van der Waals surface area contributed by atoms with Crippen molar-refractivity contribution in [3.63, 3.8) is 0 Å². The van der Waals surface area contributed by atoms with Crippen LogP contribution in [0.2, 0.25) is 0 Å². The Bertz CT molecular complexity index is 705. The fraction of sp³-hybridized carbons (Fsp3) is 0.727. The molecule has 0 amide bonds. The monoisotopic (exact) mass is 358 g/mol. The summed E-state index contributed by atoms with van der Waals surface area (Å²) >= 11 is 0. The molecular formula is C22H30O4. The lowest BCUT2D eigenvalue weighted by Gasteiger charge is -2.56. The van der Waals surface area contributed by atoms with Gasteiger partial charge in [0.05, 0.1) is 0 Å². The standard InChI is InChI=1S/C22H30O4/c1-13(23)26-19-7-6-17-16-5-4-15-12-14(20(24)25)8-10-21(15,2)18(16)9-11-22(17,19)3/h4,12,16-19H,5-11H2,1-3H3,(H,24,25)/t16-,17-,18-,19-,21-,22-/m0/s1. The van der Waals surface area contributed by atoms with Crippen LogP contribution in [0, 0.1) is 28.6 Å². The quantitative estimate of drug-likeness (QED) is 0.738. The number of rotatable bonds is 2. The Hall–Kier alpha value is -1.58. The van der Waals surface area contributed by atoms with Crippen molar-refractivity contribution in [3.05, 3.63) is 23.3 Å². The number of hydrogen-bond donors (Lipinski definition) is 1. The molecule has 0 bridgehead atoms. The first kappa shape index (κ1) is 17.8. The first-order valence-electron chi connectivity index (χ1n) is 10.1. The summed E-state index contributed by atoms with van der Waals surface area (Å²) in [6, 6.07) is 0. The molecule has 6 atom stereocenters. The number of ether oxygens (including phenoxy) is 1. The average Bonchev–Trinajstić information content (AvgIpc) is 2.90. The highest BCUT2D eigenvalue weighted by atomic mass is 16.5. The molecule has 0 aromatic rings. The van der Waals surface area contributed by atoms with Crippen molar-refractivity contribution in [3.8, 4) is 0 Å². The highest BCUT2D eigenvalue weighted by Crippen LogP contribution is 2.64. The van der Waals surface area contributed by atoms with E-state index in [1.54, 1.807) is 0 Å². The lowest BCUT2D eigenvalue weighted by molar-refractivity contribution is -0.156. The molecule has 4 rings (SSSR count). The highest BCUT2D eigenvalue weighted by Gasteiger charge is 2.59. The maximum absolute atomic E-state index is 11.5. The molecule has 2 fully saturated rings. The van der Waals surface area contributed by atoms with E-state index in [4.69, 9.17) is 4.74 Å². The van der Waals surface area contributed by atoms with E-state index in [0.717, 1.165) is 38.5 Å². The number of carbonyl (C=O) groups is 2. The maximum atomic E-state index is 11.5. The molecule has 0 heterocycles. The van der Waals surface area contributed by atoms with Crippen LogP contribution in [-0.2, 0) is 14.3 Å². The van der Waals surface area contributed by atoms with Gasteiger partial charge in [-0.15, -0.1) is 0 Å². The zero-order valence-electron chi connectivity index (χ0n) is 16.1. The van der Waals surface area contributed by atoms with Gasteiger partial charge < -0.3 is 9.84 Å². The zero-order chi connectivity index (χ0) is 18.7. The second-order valence-corrected chi connectivity index (χ2v) is 9.38. The Morgan fingerprint density at radius 3 is 2.62 bits per heavy atom. The first-order valence-corrected chi connectivity index (χ1v) is 10.1. The van der Waals surface area contributed by atoms with E-state index in [1.165, 1.54) is 12.5 Å². The lowest BCUT2D eigenvalue weighted by atomic mass is 9.48. The van der Waals surface area contributed by atoms with E-state index in [9.17, 15) is 14.7 Å². The van der Waals surface area contributed by atoms with Crippen LogP contribution in [0.5, 0.6) is 0 Å². The third-order valence-electron chi connectivity index (χ3n) is 8.26. The SMILES string of the molecule is CC(=O)O[C@H]1CC[C@H]2[C@@H]3CC=C4C=C(C(=O)O)CC[C@]4(C)[C@H]3CC[C@]12C. The Morgan fingerprint density at radius 1 is 1.15 bits per heavy atom. The number of esters is 1. The molecule has 4 heteroatoms. The molecule has 0 spiro atoms. The van der Waals surface area contributed by atoms with Gasteiger partial charge >= 0.3 is 11.9 Å². The smallest absolute Gasteiger partial charge is 0.331 e. The van der Waals surface area contributed by atoms with Crippen molar-refractivity contribution in [2.45, 2.75) is 71.8 Å². The second-order valence-electron chi connectivity index (χ2n) is 9.38. The number of carbonyl (C=O) groups excluding carboxylic acids is 1. The Morgan fingerprint density at radius 2 is 1.92 bits per heavy atom. The van der Waals surface area contributed by atoms with Gasteiger partial charge in [0.25, 0.3) is 0 Å². The minimum atomic E-state index is -0.772. The summed E-state index contributed by atoms with van der Waals surface area (Å²) in [5.74, 6) is 0.915. The van der Waals surface area contributed by atoms with Gasteiger partial charge in [0.2, 0.25) is 0 Å². The van der Waals surface area contributed by atoms with E-state index in [1.807, 2.05) is 6.08 Å². The Kier molecular flexibility index (Phi) is 4.09. The maximum Gasteiger partial charge on any atom is 0.331 e. The van der Waals surface area contributed by atoms with Gasteiger partial charge in [-0.2, -0.15) is 0 Å². The summed E-state index contributed by atoms with van der Waals surface area (Å²) in [5.41, 5.74) is 2.01. The molecule has 4 nitrogen and oxygen atoms in total. The fourth-order valence-corrected chi connectivity index (χ4v) is 6.84. The van der Waals surface area contributed by atoms with Crippen LogP contribution >= 0.6 is 0 Å². The third kappa shape index (κ3) is 2.48. The number of fused-ring (bicyclic) bond motifs is 5. The molecule has 4 aliphatic rings. The van der Waals surface area contributed by atoms with Crippen LogP contribution in [0.25, 0.3) is 0 Å². The second kappa shape index (κ2) is 5.97. The number of hydrogen-bond acceptors (Lipinski definition) is 3. The van der Waals surface area contributed by atoms with Crippen molar-refractivity contribution in [2.24, 2.45) is 28.6 Å². The van der Waals surface area contributed by atoms with Gasteiger partial charge in [-0.1, -0.05) is 19.9 Å². The van der Waals surface area contributed by atoms with Crippen LogP contribution < -0.4 is 0 Å². The van der Waals surface area contributed by atoms with Crippen molar-refractivity contribution in [1.29, 1.82) is 0 Å². The van der Waals surface area contributed by atoms with Crippen LogP contribution in [0.4, 0.5) is 0 Å². The predicted molar refractivity (Wildman–Crippen MR) is 98.4 cm³/mol. The van der Waals surface area contributed by atoms with Crippen molar-refractivity contribution in [2.75, 3.05) is 0 Å². The van der Waals surface area contributed by atoms with Crippen LogP contribution in [0.15, 0.2) is 23.3 Å². The van der Waals surface area contributed by atoms with E-state index >= 15 is 0 Å². The molecule has 0 radical (unpaired) electrons. The van der Waals surface area contributed by atoms with Crippen LogP contribution in [-0.4, -0.2) is 23.1 Å². The van der Waals surface area contributed by atoms with Gasteiger partial charge in [0.15, 0.2) is 0 Å². The summed E-state index contributed by atoms with van der Waals surface area (Å²) in [6.45, 7) is 6.21. The lowest BCUT2D eigenvalue weighted by Crippen LogP contribution is -2.50. The third-order valence-corrected chi connectivity index (χ3v) is 8.26. The molecule has 0 saturated heterocycles. The summed E-state index contributed by atoms with van der Waals surface area (Å²) in [5, 5.41) is 9.37. The molecule has 0 aromatic heterocycles. The molecule has 4 aliphatic carbocycles. The molecule has 1 N–H and O–H groups in total. The minimum absolute atomic E-state index is 0.0639. The van der Waals surface area contributed by atoms with Gasteiger partial charge in [-0.05, 0) is 79.8 Å². The summed E-state index contributed by atoms with van der Waals surface area (Å²) in [6.07, 6.45) is 11.4. The van der Waals surface area contributed by atoms with E-state index < -0.39 is 5.97 Å². The molecule has 26 heavy (non-hydrogen) atoms. The highest BCUT2D eigenvalue weighted by molar-refractivity contribution is 5.87. The van der Waals surface area contributed by atoms with E-state index in [0.29, 0.717) is 29.7 Å². The fourth-order valence-electron chi connectivity index (χ4n) is 6.84. The van der Waals surface area contributed by atoms with Crippen LogP contribution in [0.1, 0.15) is 65.7 Å². The van der Waals surface area contributed by atoms with Gasteiger partial charge in [0, 0.05) is 17.9 Å². The van der Waals surface area contributed by atoms with Crippen molar-refractivity contribution in [1.82, 2.24) is 0 Å². The Labute approximate surface area is 155 Å². The molecule has 0 aromatic carbocycles. The summed E-state index contributed by atoms with van der Waals surface area (Å²) in [7, 11) is 0. The average molecular weight is 358 g/mol. The van der Waals surface area contributed by atoms with Gasteiger partial charge in [-0.3, -0.25) is 4.79 Å². The summed E-state index contributed by atoms with van der Waals surface area (Å²) in [4.78, 5) is 22.9. The summed E-state index contributed by atoms with van der Waals surface area (Å²) < 4.78 is 5.71. The predicted octanol–water partition coefficient (Wildman–Crippen LogP) is 4.50. The number of allylic oxidation sites excluding steroid dienone is 3. The molecule has 142 valence electrons. The largest absolute Gasteiger partial charge is 0.478 e. The molecule has 0 aliphatic heterocycles. The molecule has 2 saturated carbocycles. The number of carboxylic acid groups (broad SMARTS) is 1. The number of carboxylic acids is 1. The van der Waals surface area contributed by atoms with Crippen molar-refractivity contribution < 1.29 is 19.4 Å². The zero-order valence-corrected chi connectivity index (χ0v) is 16.1. The Balaban J connectivity index is 1.64. The topological polar surface area (TPSA) is 63.6 Å². The van der Waals surface area contributed by atoms with Crippen molar-refractivity contribution >= 4 is 11.9 Å².